The zero-order valence-corrected chi connectivity index (χ0v) is 31.1. The van der Waals surface area contributed by atoms with Crippen molar-refractivity contribution in [1.29, 1.82) is 0 Å². The molecule has 0 aliphatic carbocycles. The zero-order chi connectivity index (χ0) is 33.1. The molecular weight excluding hydrogens is 585 g/mol. The lowest BCUT2D eigenvalue weighted by molar-refractivity contribution is 0.484. The van der Waals surface area contributed by atoms with Crippen molar-refractivity contribution in [2.75, 3.05) is 0 Å². The Balaban J connectivity index is 1.63. The highest BCUT2D eigenvalue weighted by Crippen LogP contribution is 2.28. The Bertz CT molecular complexity index is 1120. The fraction of sp³-hybridized carbons (Fsp3) is 0.762. The summed E-state index contributed by atoms with van der Waals surface area (Å²) < 4.78 is 34.8. The van der Waals surface area contributed by atoms with Gasteiger partial charge in [0.2, 0.25) is 0 Å². The summed E-state index contributed by atoms with van der Waals surface area (Å²) in [7, 11) is -4.28. The molecule has 0 aromatic heterocycles. The van der Waals surface area contributed by atoms with Crippen LogP contribution in [0.2, 0.25) is 0 Å². The first-order chi connectivity index (χ1) is 22.5. The molecule has 0 saturated carbocycles. The zero-order valence-electron chi connectivity index (χ0n) is 30.3. The Morgan fingerprint density at radius 3 is 1.15 bits per heavy atom. The van der Waals surface area contributed by atoms with Crippen LogP contribution >= 0.6 is 0 Å². The number of hydrogen-bond acceptors (Lipinski definition) is 2. The molecule has 0 amide bonds. The van der Waals surface area contributed by atoms with Crippen LogP contribution in [0.5, 0.6) is 0 Å². The summed E-state index contributed by atoms with van der Waals surface area (Å²) in [6, 6.07) is 10.0. The summed E-state index contributed by atoms with van der Waals surface area (Å²) in [4.78, 5) is 0.0770. The molecule has 0 fully saturated rings. The Hall–Kier alpha value is -1.39. The number of unbranched alkanes of at least 4 members (excludes halogenated alkanes) is 26. The molecule has 2 rings (SSSR count). The van der Waals surface area contributed by atoms with Crippen LogP contribution in [0.4, 0.5) is 0 Å². The lowest BCUT2D eigenvalue weighted by Gasteiger charge is -2.11. The summed E-state index contributed by atoms with van der Waals surface area (Å²) in [5.74, 6) is 0. The molecule has 0 aliphatic heterocycles. The van der Waals surface area contributed by atoms with Gasteiger partial charge in [0.1, 0.15) is 4.90 Å². The van der Waals surface area contributed by atoms with E-state index in [0.717, 1.165) is 42.2 Å². The number of fused-ring (bicyclic) bond motifs is 1. The van der Waals surface area contributed by atoms with Crippen molar-refractivity contribution in [2.45, 2.75) is 211 Å². The lowest BCUT2D eigenvalue weighted by Crippen LogP contribution is -2.02. The molecule has 1 N–H and O–H groups in total. The fourth-order valence-corrected chi connectivity index (χ4v) is 7.75. The molecule has 46 heavy (non-hydrogen) atoms. The largest absolute Gasteiger partial charge is 0.295 e. The molecule has 0 spiro atoms. The quantitative estimate of drug-likeness (QED) is 0.0649. The fourth-order valence-electron chi connectivity index (χ4n) is 6.99. The minimum Gasteiger partial charge on any atom is -0.282 e. The monoisotopic (exact) mass is 657 g/mol. The third kappa shape index (κ3) is 19.4. The Morgan fingerprint density at radius 1 is 0.435 bits per heavy atom. The molecule has 0 atom stereocenters. The van der Waals surface area contributed by atoms with E-state index in [1.165, 1.54) is 167 Å². The number of aryl methyl sites for hydroxylation is 2. The number of rotatable bonds is 31. The summed E-state index contributed by atoms with van der Waals surface area (Å²) >= 11 is 0. The van der Waals surface area contributed by atoms with Gasteiger partial charge < -0.3 is 0 Å². The molecule has 2 aromatic rings. The van der Waals surface area contributed by atoms with Crippen molar-refractivity contribution in [2.24, 2.45) is 0 Å². The van der Waals surface area contributed by atoms with Crippen LogP contribution in [0.1, 0.15) is 205 Å². The average Bonchev–Trinajstić information content (AvgIpc) is 3.04. The summed E-state index contributed by atoms with van der Waals surface area (Å²) in [6.07, 6.45) is 39.3. The van der Waals surface area contributed by atoms with Crippen molar-refractivity contribution in [3.8, 4) is 0 Å². The molecule has 4 heteroatoms. The highest BCUT2D eigenvalue weighted by Gasteiger charge is 2.16. The number of benzene rings is 2. The van der Waals surface area contributed by atoms with Crippen molar-refractivity contribution < 1.29 is 13.0 Å². The van der Waals surface area contributed by atoms with Gasteiger partial charge in [-0.05, 0) is 54.3 Å². The maximum Gasteiger partial charge on any atom is 0.295 e. The van der Waals surface area contributed by atoms with Gasteiger partial charge in [0.25, 0.3) is 10.1 Å². The minimum atomic E-state index is -4.28. The maximum atomic E-state index is 12.4. The molecule has 0 aliphatic rings. The highest BCUT2D eigenvalue weighted by molar-refractivity contribution is 7.86. The first kappa shape index (κ1) is 40.8. The Kier molecular flexibility index (Phi) is 23.5. The molecule has 0 saturated heterocycles. The van der Waals surface area contributed by atoms with Crippen LogP contribution in [0, 0.1) is 0 Å². The van der Waals surface area contributed by atoms with Crippen LogP contribution < -0.4 is 0 Å². The van der Waals surface area contributed by atoms with Gasteiger partial charge in [-0.1, -0.05) is 199 Å². The van der Waals surface area contributed by atoms with Gasteiger partial charge in [-0.15, -0.1) is 0 Å². The average molecular weight is 657 g/mol. The molecule has 0 heterocycles. The van der Waals surface area contributed by atoms with E-state index in [-0.39, 0.29) is 4.90 Å². The van der Waals surface area contributed by atoms with Crippen LogP contribution in [-0.4, -0.2) is 13.0 Å². The third-order valence-electron chi connectivity index (χ3n) is 9.96. The van der Waals surface area contributed by atoms with Gasteiger partial charge in [-0.25, -0.2) is 0 Å². The van der Waals surface area contributed by atoms with Gasteiger partial charge >= 0.3 is 0 Å². The second-order valence-corrected chi connectivity index (χ2v) is 15.7. The summed E-state index contributed by atoms with van der Waals surface area (Å²) in [6.45, 7) is 4.56. The van der Waals surface area contributed by atoms with E-state index in [1.807, 2.05) is 6.07 Å². The number of hydrogen-bond donors (Lipinski definition) is 1. The molecule has 0 radical (unpaired) electrons. The van der Waals surface area contributed by atoms with Gasteiger partial charge in [0.05, 0.1) is 0 Å². The molecule has 2 aromatic carbocycles. The smallest absolute Gasteiger partial charge is 0.282 e. The standard InChI is InChI=1S/C42H72O3S/c1-3-5-7-9-11-13-15-17-19-21-23-25-27-29-31-38-33-34-40-35-39(37-42(41(40)36-38)46(43,44)45)32-30-28-26-24-22-20-18-16-14-12-10-8-6-4-2/h33-37H,3-32H2,1-2H3,(H,43,44,45). The van der Waals surface area contributed by atoms with E-state index in [1.54, 1.807) is 6.07 Å². The third-order valence-corrected chi connectivity index (χ3v) is 10.9. The van der Waals surface area contributed by atoms with Gasteiger partial charge in [0, 0.05) is 5.39 Å². The van der Waals surface area contributed by atoms with Crippen LogP contribution in [-0.2, 0) is 23.0 Å². The van der Waals surface area contributed by atoms with E-state index in [9.17, 15) is 13.0 Å². The Labute approximate surface area is 285 Å². The molecule has 264 valence electrons. The molecule has 0 unspecified atom stereocenters. The van der Waals surface area contributed by atoms with E-state index in [0.29, 0.717) is 5.39 Å². The predicted octanol–water partition coefficient (Wildman–Crippen LogP) is 14.1. The van der Waals surface area contributed by atoms with Crippen LogP contribution in [0.3, 0.4) is 0 Å². The van der Waals surface area contributed by atoms with Crippen molar-refractivity contribution in [1.82, 2.24) is 0 Å². The normalized spacial score (nSPS) is 12.0. The summed E-state index contributed by atoms with van der Waals surface area (Å²) in [5.41, 5.74) is 2.18. The maximum absolute atomic E-state index is 12.4. The SMILES string of the molecule is CCCCCCCCCCCCCCCCc1cc(S(=O)(=O)O)c2cc(CCCCCCCCCCCCCCCC)ccc2c1. The minimum absolute atomic E-state index is 0.0770. The molecular formula is C42H72O3S. The lowest BCUT2D eigenvalue weighted by atomic mass is 9.98. The van der Waals surface area contributed by atoms with E-state index in [4.69, 9.17) is 0 Å². The van der Waals surface area contributed by atoms with Gasteiger partial charge in [0.15, 0.2) is 0 Å². The van der Waals surface area contributed by atoms with E-state index in [2.05, 4.69) is 32.0 Å². The molecule has 0 bridgehead atoms. The predicted molar refractivity (Wildman–Crippen MR) is 202 cm³/mol. The summed E-state index contributed by atoms with van der Waals surface area (Å²) in [5, 5.41) is 1.58. The van der Waals surface area contributed by atoms with E-state index >= 15 is 0 Å². The topological polar surface area (TPSA) is 54.4 Å². The van der Waals surface area contributed by atoms with Crippen molar-refractivity contribution >= 4 is 20.9 Å². The van der Waals surface area contributed by atoms with Gasteiger partial charge in [-0.2, -0.15) is 8.42 Å². The van der Waals surface area contributed by atoms with Crippen molar-refractivity contribution in [3.05, 3.63) is 41.5 Å². The van der Waals surface area contributed by atoms with Gasteiger partial charge in [-0.3, -0.25) is 4.55 Å². The second-order valence-electron chi connectivity index (χ2n) is 14.3. The first-order valence-corrected chi connectivity index (χ1v) is 21.4. The van der Waals surface area contributed by atoms with E-state index < -0.39 is 10.1 Å². The van der Waals surface area contributed by atoms with Crippen LogP contribution in [0.15, 0.2) is 35.2 Å². The first-order valence-electron chi connectivity index (χ1n) is 20.0. The highest BCUT2D eigenvalue weighted by atomic mass is 32.2. The van der Waals surface area contributed by atoms with Crippen molar-refractivity contribution in [3.63, 3.8) is 0 Å². The van der Waals surface area contributed by atoms with Crippen LogP contribution in [0.25, 0.3) is 10.8 Å². The molecule has 3 nitrogen and oxygen atoms in total. The Morgan fingerprint density at radius 2 is 0.783 bits per heavy atom. The second kappa shape index (κ2) is 26.6.